The van der Waals surface area contributed by atoms with Crippen LogP contribution in [0.3, 0.4) is 0 Å². The summed E-state index contributed by atoms with van der Waals surface area (Å²) in [6, 6.07) is 14.8. The molecular formula is C14H13FN2O. The third kappa shape index (κ3) is 2.85. The van der Waals surface area contributed by atoms with Crippen LogP contribution in [0.15, 0.2) is 54.6 Å². The Hall–Kier alpha value is -2.36. The maximum absolute atomic E-state index is 12.8. The molecule has 0 bridgehead atoms. The van der Waals surface area contributed by atoms with Gasteiger partial charge >= 0.3 is 0 Å². The summed E-state index contributed by atoms with van der Waals surface area (Å²) in [6.45, 7) is 0. The zero-order valence-corrected chi connectivity index (χ0v) is 9.93. The van der Waals surface area contributed by atoms with Crippen molar-refractivity contribution in [1.82, 2.24) is 5.43 Å². The Morgan fingerprint density at radius 2 is 1.67 bits per heavy atom. The maximum Gasteiger partial charge on any atom is 0.269 e. The summed E-state index contributed by atoms with van der Waals surface area (Å²) in [4.78, 5) is 11.9. The van der Waals surface area contributed by atoms with Crippen LogP contribution in [0, 0.1) is 5.82 Å². The van der Waals surface area contributed by atoms with Gasteiger partial charge in [0.25, 0.3) is 5.91 Å². The van der Waals surface area contributed by atoms with Gasteiger partial charge in [0.2, 0.25) is 0 Å². The Kier molecular flexibility index (Phi) is 3.57. The highest BCUT2D eigenvalue weighted by molar-refractivity contribution is 5.94. The van der Waals surface area contributed by atoms with Gasteiger partial charge in [-0.25, -0.2) is 4.39 Å². The fraction of sp³-hybridized carbons (Fsp3) is 0.0714. The lowest BCUT2D eigenvalue weighted by Crippen LogP contribution is -2.39. The molecule has 0 heterocycles. The zero-order valence-electron chi connectivity index (χ0n) is 9.93. The number of nitrogens with zero attached hydrogens (tertiary/aromatic N) is 1. The maximum atomic E-state index is 12.8. The minimum atomic E-state index is -0.304. The molecule has 92 valence electrons. The quantitative estimate of drug-likeness (QED) is 0.842. The van der Waals surface area contributed by atoms with E-state index in [1.807, 2.05) is 6.07 Å². The first-order valence-corrected chi connectivity index (χ1v) is 5.52. The van der Waals surface area contributed by atoms with Crippen LogP contribution in [0.1, 0.15) is 10.4 Å². The molecule has 0 atom stereocenters. The van der Waals surface area contributed by atoms with Crippen molar-refractivity contribution in [2.24, 2.45) is 0 Å². The first-order chi connectivity index (χ1) is 8.66. The number of benzene rings is 2. The van der Waals surface area contributed by atoms with Crippen molar-refractivity contribution in [3.05, 3.63) is 66.0 Å². The molecule has 0 aliphatic carbocycles. The average molecular weight is 244 g/mol. The lowest BCUT2D eigenvalue weighted by atomic mass is 10.2. The van der Waals surface area contributed by atoms with Gasteiger partial charge in [-0.15, -0.1) is 0 Å². The normalized spacial score (nSPS) is 9.89. The highest BCUT2D eigenvalue weighted by Gasteiger charge is 2.07. The minimum Gasteiger partial charge on any atom is -0.288 e. The smallest absolute Gasteiger partial charge is 0.269 e. The van der Waals surface area contributed by atoms with E-state index in [0.29, 0.717) is 11.3 Å². The summed E-state index contributed by atoms with van der Waals surface area (Å²) in [7, 11) is 1.70. The van der Waals surface area contributed by atoms with Crippen molar-refractivity contribution >= 4 is 11.6 Å². The molecule has 0 saturated heterocycles. The number of carbonyl (C=O) groups excluding carboxylic acids is 1. The second kappa shape index (κ2) is 5.31. The third-order valence-corrected chi connectivity index (χ3v) is 2.52. The van der Waals surface area contributed by atoms with Crippen molar-refractivity contribution in [2.75, 3.05) is 12.1 Å². The van der Waals surface area contributed by atoms with Crippen LogP contribution in [0.2, 0.25) is 0 Å². The van der Waals surface area contributed by atoms with E-state index in [9.17, 15) is 9.18 Å². The Morgan fingerprint density at radius 1 is 1.06 bits per heavy atom. The Balaban J connectivity index is 2.06. The lowest BCUT2D eigenvalue weighted by Gasteiger charge is -2.20. The molecule has 0 fully saturated rings. The van der Waals surface area contributed by atoms with Crippen LogP contribution in [0.5, 0.6) is 0 Å². The van der Waals surface area contributed by atoms with Crippen LogP contribution in [0.25, 0.3) is 0 Å². The molecule has 2 rings (SSSR count). The molecule has 0 radical (unpaired) electrons. The van der Waals surface area contributed by atoms with E-state index in [0.717, 1.165) is 0 Å². The first kappa shape index (κ1) is 12.1. The number of rotatable bonds is 3. The second-order valence-electron chi connectivity index (χ2n) is 3.84. The van der Waals surface area contributed by atoms with Gasteiger partial charge in [-0.1, -0.05) is 18.2 Å². The number of anilines is 1. The summed E-state index contributed by atoms with van der Waals surface area (Å²) in [5.41, 5.74) is 3.99. The van der Waals surface area contributed by atoms with Gasteiger partial charge in [0, 0.05) is 12.6 Å². The number of carbonyl (C=O) groups is 1. The van der Waals surface area contributed by atoms with E-state index < -0.39 is 0 Å². The fourth-order valence-corrected chi connectivity index (χ4v) is 1.54. The predicted octanol–water partition coefficient (Wildman–Crippen LogP) is 2.61. The summed E-state index contributed by atoms with van der Waals surface area (Å²) < 4.78 is 12.8. The number of hydrogen-bond acceptors (Lipinski definition) is 2. The highest BCUT2D eigenvalue weighted by atomic mass is 19.1. The first-order valence-electron chi connectivity index (χ1n) is 5.52. The zero-order chi connectivity index (χ0) is 13.0. The number of nitrogens with one attached hydrogen (secondary N) is 1. The van der Waals surface area contributed by atoms with Crippen LogP contribution in [-0.2, 0) is 0 Å². The van der Waals surface area contributed by atoms with Gasteiger partial charge in [-0.05, 0) is 36.4 Å². The topological polar surface area (TPSA) is 32.3 Å². The molecule has 1 amide bonds. The molecule has 0 aromatic heterocycles. The van der Waals surface area contributed by atoms with Crippen LogP contribution in [-0.4, -0.2) is 13.0 Å². The van der Waals surface area contributed by atoms with E-state index in [2.05, 4.69) is 5.43 Å². The number of amides is 1. The molecule has 0 spiro atoms. The van der Waals surface area contributed by atoms with E-state index in [1.165, 1.54) is 12.1 Å². The van der Waals surface area contributed by atoms with Crippen LogP contribution in [0.4, 0.5) is 10.1 Å². The second-order valence-corrected chi connectivity index (χ2v) is 3.84. The highest BCUT2D eigenvalue weighted by Crippen LogP contribution is 2.11. The Morgan fingerprint density at radius 3 is 2.28 bits per heavy atom. The molecular weight excluding hydrogens is 231 g/mol. The molecule has 0 aliphatic rings. The Labute approximate surface area is 105 Å². The molecule has 2 aromatic carbocycles. The van der Waals surface area contributed by atoms with Crippen molar-refractivity contribution in [2.45, 2.75) is 0 Å². The molecule has 3 nitrogen and oxygen atoms in total. The van der Waals surface area contributed by atoms with Crippen molar-refractivity contribution < 1.29 is 9.18 Å². The monoisotopic (exact) mass is 244 g/mol. The van der Waals surface area contributed by atoms with E-state index >= 15 is 0 Å². The summed E-state index contributed by atoms with van der Waals surface area (Å²) >= 11 is 0. The predicted molar refractivity (Wildman–Crippen MR) is 68.7 cm³/mol. The van der Waals surface area contributed by atoms with Crippen LogP contribution >= 0.6 is 0 Å². The number of hydrazine groups is 1. The van der Waals surface area contributed by atoms with Gasteiger partial charge in [-0.2, -0.15) is 0 Å². The summed E-state index contributed by atoms with van der Waals surface area (Å²) in [5.74, 6) is -0.510. The van der Waals surface area contributed by atoms with Gasteiger partial charge in [-0.3, -0.25) is 15.2 Å². The molecule has 4 heteroatoms. The fourth-order valence-electron chi connectivity index (χ4n) is 1.54. The SMILES string of the molecule is CN(NC(=O)c1ccccc1)c1ccc(F)cc1. The van der Waals surface area contributed by atoms with E-state index in [1.54, 1.807) is 48.5 Å². The molecule has 1 N–H and O–H groups in total. The molecule has 0 saturated carbocycles. The van der Waals surface area contributed by atoms with E-state index in [4.69, 9.17) is 0 Å². The minimum absolute atomic E-state index is 0.206. The van der Waals surface area contributed by atoms with Gasteiger partial charge in [0.05, 0.1) is 5.69 Å². The standard InChI is InChI=1S/C14H13FN2O/c1-17(13-9-7-12(15)8-10-13)16-14(18)11-5-3-2-4-6-11/h2-10H,1H3,(H,16,18). The van der Waals surface area contributed by atoms with Crippen molar-refractivity contribution in [3.8, 4) is 0 Å². The summed E-state index contributed by atoms with van der Waals surface area (Å²) in [6.07, 6.45) is 0. The van der Waals surface area contributed by atoms with Crippen molar-refractivity contribution in [3.63, 3.8) is 0 Å². The van der Waals surface area contributed by atoms with Gasteiger partial charge < -0.3 is 0 Å². The lowest BCUT2D eigenvalue weighted by molar-refractivity contribution is 0.0951. The molecule has 2 aromatic rings. The molecule has 0 aliphatic heterocycles. The largest absolute Gasteiger partial charge is 0.288 e. The number of halogens is 1. The Bertz CT molecular complexity index is 525. The van der Waals surface area contributed by atoms with E-state index in [-0.39, 0.29) is 11.7 Å². The van der Waals surface area contributed by atoms with Crippen LogP contribution < -0.4 is 10.4 Å². The van der Waals surface area contributed by atoms with Gasteiger partial charge in [0.1, 0.15) is 5.82 Å². The van der Waals surface area contributed by atoms with Crippen molar-refractivity contribution in [1.29, 1.82) is 0 Å². The molecule has 18 heavy (non-hydrogen) atoms. The average Bonchev–Trinajstić information content (AvgIpc) is 2.40. The van der Waals surface area contributed by atoms with Gasteiger partial charge in [0.15, 0.2) is 0 Å². The summed E-state index contributed by atoms with van der Waals surface area (Å²) in [5, 5.41) is 1.55. The number of hydrogen-bond donors (Lipinski definition) is 1. The molecule has 0 unspecified atom stereocenters. The third-order valence-electron chi connectivity index (χ3n) is 2.52.